The van der Waals surface area contributed by atoms with Crippen LogP contribution in [0, 0.1) is 0 Å². The smallest absolute Gasteiger partial charge is 0.321 e. The highest BCUT2D eigenvalue weighted by Gasteiger charge is 2.69. The number of thiazole rings is 1. The van der Waals surface area contributed by atoms with Crippen LogP contribution in [0.1, 0.15) is 16.7 Å². The molecule has 4 heterocycles. The van der Waals surface area contributed by atoms with E-state index in [1.807, 2.05) is 84.9 Å². The molecule has 188 valence electrons. The van der Waals surface area contributed by atoms with Crippen LogP contribution in [-0.4, -0.2) is 40.5 Å². The van der Waals surface area contributed by atoms with Gasteiger partial charge in [-0.2, -0.15) is 4.68 Å². The Labute approximate surface area is 220 Å². The number of likely N-dealkylation sites (N-methyl/N-ethyl adjacent to an activating group) is 2. The Balaban J connectivity index is 1.62. The van der Waals surface area contributed by atoms with Crippen molar-refractivity contribution in [1.82, 2.24) is 14.5 Å². The topological polar surface area (TPSA) is 99.0 Å². The third-order valence-corrected chi connectivity index (χ3v) is 8.69. The molecule has 0 aliphatic carbocycles. The molecule has 0 unspecified atom stereocenters. The Bertz CT molecular complexity index is 1830. The number of para-hydroxylation sites is 1. The predicted octanol–water partition coefficient (Wildman–Crippen LogP) is 1.94. The van der Waals surface area contributed by atoms with Crippen molar-refractivity contribution in [2.45, 2.75) is 11.3 Å². The largest absolute Gasteiger partial charge is 0.324 e. The molecule has 0 radical (unpaired) electrons. The van der Waals surface area contributed by atoms with E-state index in [0.717, 1.165) is 22.5 Å². The first-order chi connectivity index (χ1) is 18.4. The number of urea groups is 1. The minimum Gasteiger partial charge on any atom is -0.321 e. The minimum absolute atomic E-state index is 0.254. The first-order valence-corrected chi connectivity index (χ1v) is 12.9. The monoisotopic (exact) mass is 522 g/mol. The van der Waals surface area contributed by atoms with E-state index < -0.39 is 16.9 Å². The van der Waals surface area contributed by atoms with Crippen LogP contribution in [0.15, 0.2) is 94.7 Å². The summed E-state index contributed by atoms with van der Waals surface area (Å²) in [6, 6.07) is 26.2. The fraction of sp³-hybridized carbons (Fsp3) is 0.143. The van der Waals surface area contributed by atoms with Crippen molar-refractivity contribution in [1.29, 1.82) is 0 Å². The maximum Gasteiger partial charge on any atom is 0.324 e. The molecule has 3 aliphatic rings. The fourth-order valence-corrected chi connectivity index (χ4v) is 6.97. The minimum atomic E-state index is -1.27. The van der Waals surface area contributed by atoms with Crippen molar-refractivity contribution in [3.05, 3.63) is 121 Å². The normalized spacial score (nSPS) is 24.8. The summed E-state index contributed by atoms with van der Waals surface area (Å²) in [5.41, 5.74) is 3.70. The Morgan fingerprint density at radius 3 is 2.13 bits per heavy atom. The Kier molecular flexibility index (Phi) is 4.53. The van der Waals surface area contributed by atoms with Crippen molar-refractivity contribution in [3.8, 4) is 0 Å². The van der Waals surface area contributed by atoms with E-state index in [1.54, 1.807) is 23.9 Å². The number of aromatic nitrogens is 1. The second-order valence-corrected chi connectivity index (χ2v) is 10.4. The molecule has 10 heteroatoms. The summed E-state index contributed by atoms with van der Waals surface area (Å²) >= 11 is 1.13. The van der Waals surface area contributed by atoms with Crippen LogP contribution < -0.4 is 25.6 Å². The van der Waals surface area contributed by atoms with Crippen LogP contribution in [-0.2, 0) is 16.1 Å². The lowest BCUT2D eigenvalue weighted by atomic mass is 9.80. The average molecular weight is 523 g/mol. The molecule has 0 bridgehead atoms. The van der Waals surface area contributed by atoms with Gasteiger partial charge in [0.1, 0.15) is 4.53 Å². The highest BCUT2D eigenvalue weighted by Crippen LogP contribution is 2.53. The molecule has 9 nitrogen and oxygen atoms in total. The highest BCUT2D eigenvalue weighted by atomic mass is 32.1. The second-order valence-electron chi connectivity index (χ2n) is 9.47. The Morgan fingerprint density at radius 2 is 1.42 bits per heavy atom. The van der Waals surface area contributed by atoms with Crippen LogP contribution in [0.4, 0.5) is 10.5 Å². The third-order valence-electron chi connectivity index (χ3n) is 7.65. The molecule has 3 aliphatic heterocycles. The van der Waals surface area contributed by atoms with Gasteiger partial charge in [0.15, 0.2) is 0 Å². The molecule has 1 saturated heterocycles. The number of hydrogen-bond acceptors (Lipinski definition) is 6. The number of amides is 3. The zero-order valence-corrected chi connectivity index (χ0v) is 21.3. The molecule has 0 spiro atoms. The second kappa shape index (κ2) is 7.65. The predicted molar refractivity (Wildman–Crippen MR) is 143 cm³/mol. The Morgan fingerprint density at radius 1 is 0.789 bits per heavy atom. The van der Waals surface area contributed by atoms with Gasteiger partial charge in [-0.1, -0.05) is 90.2 Å². The van der Waals surface area contributed by atoms with E-state index >= 15 is 0 Å². The van der Waals surface area contributed by atoms with E-state index in [0.29, 0.717) is 21.6 Å². The molecule has 4 aromatic rings. The molecule has 7 rings (SSSR count). The van der Waals surface area contributed by atoms with Gasteiger partial charge >= 0.3 is 6.03 Å². The summed E-state index contributed by atoms with van der Waals surface area (Å²) in [5.74, 6) is -0.331. The SMILES string of the molecule is CN1C(=O)N(C)[C@]2(c3ccccc3)N=c3s/c(=C4\C(=O)Nc5ccccc54)c(=O)n3N[C@]12c1ccccc1. The molecular formula is C28H22N6O3S. The number of anilines is 1. The van der Waals surface area contributed by atoms with E-state index in [9.17, 15) is 14.4 Å². The quantitative estimate of drug-likeness (QED) is 0.420. The molecular weight excluding hydrogens is 500 g/mol. The number of nitrogens with one attached hydrogen (secondary N) is 2. The third kappa shape index (κ3) is 2.59. The van der Waals surface area contributed by atoms with Gasteiger partial charge in [-0.3, -0.25) is 24.8 Å². The number of rotatable bonds is 2. The molecule has 38 heavy (non-hydrogen) atoms. The van der Waals surface area contributed by atoms with Crippen LogP contribution in [0.3, 0.4) is 0 Å². The first-order valence-electron chi connectivity index (χ1n) is 12.1. The number of hydrogen-bond donors (Lipinski definition) is 2. The summed E-state index contributed by atoms with van der Waals surface area (Å²) in [4.78, 5) is 49.4. The molecule has 3 amide bonds. The summed E-state index contributed by atoms with van der Waals surface area (Å²) < 4.78 is 1.65. The number of benzene rings is 3. The standard InChI is InChI=1S/C28H22N6O3S/c1-32-26(37)33(2)28(18-13-7-4-8-14-18)27(32,17-11-5-3-6-12-17)30-25-34(31-28)24(36)22(38-25)21-19-15-9-10-16-20(19)29-23(21)35/h3-16,31H,1-2H3,(H,29,35)/b22-21-/t27-,28+/m0/s1. The van der Waals surface area contributed by atoms with E-state index in [4.69, 9.17) is 4.99 Å². The molecule has 0 saturated carbocycles. The lowest BCUT2D eigenvalue weighted by Gasteiger charge is -2.49. The highest BCUT2D eigenvalue weighted by molar-refractivity contribution is 7.07. The van der Waals surface area contributed by atoms with Gasteiger partial charge in [-0.25, -0.2) is 9.79 Å². The lowest BCUT2D eigenvalue weighted by Crippen LogP contribution is -2.67. The molecule has 2 N–H and O–H groups in total. The van der Waals surface area contributed by atoms with Crippen molar-refractivity contribution >= 4 is 34.5 Å². The van der Waals surface area contributed by atoms with E-state index in [1.165, 1.54) is 4.68 Å². The Hall–Kier alpha value is -4.70. The number of carbonyl (C=O) groups is 2. The van der Waals surface area contributed by atoms with Crippen molar-refractivity contribution < 1.29 is 9.59 Å². The van der Waals surface area contributed by atoms with Gasteiger partial charge in [-0.05, 0) is 6.07 Å². The molecule has 1 aromatic heterocycles. The van der Waals surface area contributed by atoms with Gasteiger partial charge < -0.3 is 5.32 Å². The van der Waals surface area contributed by atoms with Crippen LogP contribution in [0.5, 0.6) is 0 Å². The zero-order chi connectivity index (χ0) is 26.2. The number of nitrogens with zero attached hydrogens (tertiary/aromatic N) is 4. The van der Waals surface area contributed by atoms with Gasteiger partial charge in [-0.15, -0.1) is 0 Å². The van der Waals surface area contributed by atoms with Gasteiger partial charge in [0.25, 0.3) is 11.5 Å². The average Bonchev–Trinajstić information content (AvgIpc) is 3.50. The van der Waals surface area contributed by atoms with Crippen LogP contribution >= 0.6 is 11.3 Å². The summed E-state index contributed by atoms with van der Waals surface area (Å²) in [7, 11) is 3.43. The summed E-state index contributed by atoms with van der Waals surface area (Å²) in [6.45, 7) is 0. The first kappa shape index (κ1) is 22.5. The van der Waals surface area contributed by atoms with Gasteiger partial charge in [0.2, 0.25) is 16.1 Å². The molecule has 3 aromatic carbocycles. The van der Waals surface area contributed by atoms with Crippen LogP contribution in [0.2, 0.25) is 0 Å². The van der Waals surface area contributed by atoms with Crippen LogP contribution in [0.25, 0.3) is 5.57 Å². The maximum atomic E-state index is 14.0. The zero-order valence-electron chi connectivity index (χ0n) is 20.5. The lowest BCUT2D eigenvalue weighted by molar-refractivity contribution is -0.110. The number of carbonyl (C=O) groups excluding carboxylic acids is 2. The van der Waals surface area contributed by atoms with Gasteiger partial charge in [0, 0.05) is 36.5 Å². The van der Waals surface area contributed by atoms with Crippen molar-refractivity contribution in [2.24, 2.45) is 4.99 Å². The summed E-state index contributed by atoms with van der Waals surface area (Å²) in [5, 5.41) is 2.85. The summed E-state index contributed by atoms with van der Waals surface area (Å²) in [6.07, 6.45) is 0. The van der Waals surface area contributed by atoms with Crippen molar-refractivity contribution in [2.75, 3.05) is 24.8 Å². The molecule has 2 atom stereocenters. The molecule has 1 fully saturated rings. The number of fused-ring (bicyclic) bond motifs is 3. The van der Waals surface area contributed by atoms with E-state index in [2.05, 4.69) is 10.7 Å². The van der Waals surface area contributed by atoms with Crippen molar-refractivity contribution in [3.63, 3.8) is 0 Å². The van der Waals surface area contributed by atoms with E-state index in [-0.39, 0.29) is 16.5 Å². The fourth-order valence-electron chi connectivity index (χ4n) is 5.91. The van der Waals surface area contributed by atoms with Gasteiger partial charge in [0.05, 0.1) is 5.57 Å². The maximum absolute atomic E-state index is 14.0.